The fourth-order valence-corrected chi connectivity index (χ4v) is 4.54. The number of benzene rings is 2. The van der Waals surface area contributed by atoms with Gasteiger partial charge in [-0.2, -0.15) is 0 Å². The zero-order chi connectivity index (χ0) is 26.4. The highest BCUT2D eigenvalue weighted by Crippen LogP contribution is 2.32. The molecule has 2 aromatic carbocycles. The quantitative estimate of drug-likeness (QED) is 0.489. The number of carbonyl (C=O) groups is 3. The Bertz CT molecular complexity index is 1150. The summed E-state index contributed by atoms with van der Waals surface area (Å²) >= 11 is 0. The van der Waals surface area contributed by atoms with Gasteiger partial charge in [-0.25, -0.2) is 9.18 Å². The monoisotopic (exact) mass is 514 g/mol. The highest BCUT2D eigenvalue weighted by molar-refractivity contribution is 6.02. The van der Waals surface area contributed by atoms with Crippen LogP contribution in [0.5, 0.6) is 5.75 Å². The molecule has 0 unspecified atom stereocenters. The summed E-state index contributed by atoms with van der Waals surface area (Å²) in [7, 11) is 3.29. The Morgan fingerprint density at radius 1 is 1.14 bits per heavy atom. The van der Waals surface area contributed by atoms with Gasteiger partial charge < -0.3 is 35.1 Å². The van der Waals surface area contributed by atoms with Gasteiger partial charge in [0.1, 0.15) is 24.3 Å². The molecule has 10 nitrogen and oxygen atoms in total. The molecule has 2 aromatic rings. The summed E-state index contributed by atoms with van der Waals surface area (Å²) in [4.78, 5) is 39.6. The van der Waals surface area contributed by atoms with Crippen molar-refractivity contribution in [2.75, 3.05) is 44.5 Å². The van der Waals surface area contributed by atoms with E-state index in [0.29, 0.717) is 48.7 Å². The molecule has 2 aliphatic rings. The predicted octanol–water partition coefficient (Wildman–Crippen LogP) is 3.00. The molecule has 2 aliphatic heterocycles. The van der Waals surface area contributed by atoms with Crippen LogP contribution in [0.15, 0.2) is 42.5 Å². The standard InChI is InChI=1S/C26H31FN4O6/c1-31-21-8-7-19(14-24(32)28-10-11-35-2)37-23(21)15-36-22-9-6-18(13-20(22)25(31)33)30-26(34)29-17-5-3-4-16(27)12-17/h3-6,9,12-13,19,21,23H,7-8,10-11,14-15H2,1-2H3,(H,28,32)(H2,29,30,34)/t19-,21-,23+/m1/s1. The highest BCUT2D eigenvalue weighted by atomic mass is 19.1. The molecule has 3 N–H and O–H groups in total. The normalized spacial score (nSPS) is 21.0. The molecular formula is C26H31FN4O6. The zero-order valence-electron chi connectivity index (χ0n) is 20.8. The molecule has 0 aromatic heterocycles. The largest absolute Gasteiger partial charge is 0.490 e. The number of hydrogen-bond donors (Lipinski definition) is 3. The van der Waals surface area contributed by atoms with Gasteiger partial charge >= 0.3 is 6.03 Å². The first-order chi connectivity index (χ1) is 17.8. The molecular weight excluding hydrogens is 483 g/mol. The predicted molar refractivity (Wildman–Crippen MR) is 134 cm³/mol. The van der Waals surface area contributed by atoms with Gasteiger partial charge in [0.05, 0.1) is 30.7 Å². The number of hydrogen-bond acceptors (Lipinski definition) is 6. The lowest BCUT2D eigenvalue weighted by Crippen LogP contribution is -2.54. The fraction of sp³-hybridized carbons (Fsp3) is 0.423. The minimum absolute atomic E-state index is 0.108. The minimum atomic E-state index is -0.573. The molecule has 198 valence electrons. The molecule has 4 rings (SSSR count). The lowest BCUT2D eigenvalue weighted by atomic mass is 9.94. The van der Waals surface area contributed by atoms with Gasteiger partial charge in [0.2, 0.25) is 5.91 Å². The van der Waals surface area contributed by atoms with Crippen LogP contribution in [0.4, 0.5) is 20.6 Å². The highest BCUT2D eigenvalue weighted by Gasteiger charge is 2.39. The molecule has 0 saturated carbocycles. The van der Waals surface area contributed by atoms with E-state index in [9.17, 15) is 18.8 Å². The van der Waals surface area contributed by atoms with Crippen molar-refractivity contribution in [1.82, 2.24) is 10.2 Å². The van der Waals surface area contributed by atoms with Crippen LogP contribution in [0.25, 0.3) is 0 Å². The van der Waals surface area contributed by atoms with Crippen LogP contribution in [0.3, 0.4) is 0 Å². The van der Waals surface area contributed by atoms with Crippen LogP contribution in [0.2, 0.25) is 0 Å². The van der Waals surface area contributed by atoms with Crippen molar-refractivity contribution in [2.24, 2.45) is 0 Å². The van der Waals surface area contributed by atoms with E-state index in [1.54, 1.807) is 43.3 Å². The summed E-state index contributed by atoms with van der Waals surface area (Å²) in [5, 5.41) is 8.01. The van der Waals surface area contributed by atoms with Gasteiger partial charge in [-0.3, -0.25) is 9.59 Å². The van der Waals surface area contributed by atoms with Crippen LogP contribution in [-0.4, -0.2) is 74.9 Å². The Hall–Kier alpha value is -3.70. The first kappa shape index (κ1) is 26.4. The average Bonchev–Trinajstić information content (AvgIpc) is 2.86. The topological polar surface area (TPSA) is 118 Å². The number of likely N-dealkylation sites (N-methyl/N-ethyl adjacent to an activating group) is 1. The lowest BCUT2D eigenvalue weighted by Gasteiger charge is -2.42. The molecule has 0 spiro atoms. The van der Waals surface area contributed by atoms with E-state index in [1.165, 1.54) is 18.2 Å². The van der Waals surface area contributed by atoms with E-state index in [-0.39, 0.29) is 43.1 Å². The Balaban J connectivity index is 1.40. The summed E-state index contributed by atoms with van der Waals surface area (Å²) in [6, 6.07) is 9.53. The number of methoxy groups -OCH3 is 1. The van der Waals surface area contributed by atoms with Crippen LogP contribution >= 0.6 is 0 Å². The van der Waals surface area contributed by atoms with Crippen LogP contribution in [-0.2, 0) is 14.3 Å². The molecule has 11 heteroatoms. The fourth-order valence-electron chi connectivity index (χ4n) is 4.54. The van der Waals surface area contributed by atoms with Crippen molar-refractivity contribution >= 4 is 29.2 Å². The van der Waals surface area contributed by atoms with Crippen molar-refractivity contribution in [1.29, 1.82) is 0 Å². The maximum atomic E-state index is 13.4. The number of nitrogens with zero attached hydrogens (tertiary/aromatic N) is 1. The number of nitrogens with one attached hydrogen (secondary N) is 3. The maximum absolute atomic E-state index is 13.4. The SMILES string of the molecule is COCCNC(=O)C[C@H]1CC[C@@H]2[C@H](COc3ccc(NC(=O)Nc4cccc(F)c4)cc3C(=O)N2C)O1. The maximum Gasteiger partial charge on any atom is 0.323 e. The zero-order valence-corrected chi connectivity index (χ0v) is 20.8. The number of rotatable bonds is 7. The average molecular weight is 515 g/mol. The second kappa shape index (κ2) is 12.0. The second-order valence-corrected chi connectivity index (χ2v) is 9.02. The molecule has 4 amide bonds. The van der Waals surface area contributed by atoms with E-state index in [4.69, 9.17) is 14.2 Å². The van der Waals surface area contributed by atoms with E-state index < -0.39 is 11.8 Å². The third-order valence-corrected chi connectivity index (χ3v) is 6.39. The molecule has 0 bridgehead atoms. The van der Waals surface area contributed by atoms with Gasteiger partial charge in [-0.15, -0.1) is 0 Å². The van der Waals surface area contributed by atoms with Gasteiger partial charge in [-0.05, 0) is 49.2 Å². The Morgan fingerprint density at radius 3 is 2.68 bits per heavy atom. The first-order valence-corrected chi connectivity index (χ1v) is 12.1. The summed E-state index contributed by atoms with van der Waals surface area (Å²) in [5.74, 6) is -0.470. The van der Waals surface area contributed by atoms with Crippen molar-refractivity contribution in [2.45, 2.75) is 37.5 Å². The van der Waals surface area contributed by atoms with Crippen molar-refractivity contribution in [3.8, 4) is 5.75 Å². The van der Waals surface area contributed by atoms with Crippen molar-refractivity contribution in [3.05, 3.63) is 53.8 Å². The van der Waals surface area contributed by atoms with Crippen molar-refractivity contribution in [3.63, 3.8) is 0 Å². The number of halogens is 1. The molecule has 2 heterocycles. The molecule has 1 saturated heterocycles. The van der Waals surface area contributed by atoms with Gasteiger partial charge in [0, 0.05) is 32.1 Å². The number of urea groups is 1. The molecule has 0 radical (unpaired) electrons. The lowest BCUT2D eigenvalue weighted by molar-refractivity contribution is -0.134. The molecule has 37 heavy (non-hydrogen) atoms. The van der Waals surface area contributed by atoms with Crippen LogP contribution < -0.4 is 20.7 Å². The number of fused-ring (bicyclic) bond motifs is 2. The molecule has 3 atom stereocenters. The van der Waals surface area contributed by atoms with E-state index >= 15 is 0 Å². The van der Waals surface area contributed by atoms with Crippen LogP contribution in [0, 0.1) is 5.82 Å². The molecule has 1 fully saturated rings. The van der Waals surface area contributed by atoms with E-state index in [2.05, 4.69) is 16.0 Å². The minimum Gasteiger partial charge on any atom is -0.490 e. The summed E-state index contributed by atoms with van der Waals surface area (Å²) in [6.45, 7) is 1.09. The van der Waals surface area contributed by atoms with Crippen molar-refractivity contribution < 1.29 is 33.0 Å². The summed E-state index contributed by atoms with van der Waals surface area (Å²) in [5.41, 5.74) is 0.996. The Morgan fingerprint density at radius 2 is 1.92 bits per heavy atom. The van der Waals surface area contributed by atoms with Gasteiger partial charge in [-0.1, -0.05) is 6.07 Å². The van der Waals surface area contributed by atoms with E-state index in [0.717, 1.165) is 0 Å². The molecule has 0 aliphatic carbocycles. The van der Waals surface area contributed by atoms with Gasteiger partial charge in [0.25, 0.3) is 5.91 Å². The number of anilines is 2. The summed E-state index contributed by atoms with van der Waals surface area (Å²) in [6.07, 6.45) is 0.870. The third kappa shape index (κ3) is 6.75. The third-order valence-electron chi connectivity index (χ3n) is 6.39. The second-order valence-electron chi connectivity index (χ2n) is 9.02. The smallest absolute Gasteiger partial charge is 0.323 e. The first-order valence-electron chi connectivity index (χ1n) is 12.1. The van der Waals surface area contributed by atoms with Crippen LogP contribution in [0.1, 0.15) is 29.6 Å². The Labute approximate surface area is 214 Å². The number of carbonyl (C=O) groups excluding carboxylic acids is 3. The Kier molecular flexibility index (Phi) is 8.57. The number of amides is 4. The summed E-state index contributed by atoms with van der Waals surface area (Å²) < 4.78 is 30.5. The van der Waals surface area contributed by atoms with E-state index in [1.807, 2.05) is 0 Å². The number of ether oxygens (including phenoxy) is 3. The van der Waals surface area contributed by atoms with Gasteiger partial charge in [0.15, 0.2) is 0 Å².